The Balaban J connectivity index is 1.80. The molecule has 0 aromatic heterocycles. The lowest BCUT2D eigenvalue weighted by Gasteiger charge is -2.08. The van der Waals surface area contributed by atoms with E-state index in [0.29, 0.717) is 51.4 Å². The van der Waals surface area contributed by atoms with Gasteiger partial charge in [0.1, 0.15) is 13.2 Å². The van der Waals surface area contributed by atoms with Crippen molar-refractivity contribution in [1.29, 1.82) is 0 Å². The topological polar surface area (TPSA) is 118 Å². The highest BCUT2D eigenvalue weighted by molar-refractivity contribution is 5.89. The van der Waals surface area contributed by atoms with Crippen LogP contribution in [0, 0.1) is 0 Å². The van der Waals surface area contributed by atoms with Gasteiger partial charge in [0.05, 0.1) is 45.2 Å². The first-order valence-corrected chi connectivity index (χ1v) is 9.92. The number of rotatable bonds is 18. The van der Waals surface area contributed by atoms with Crippen molar-refractivity contribution in [2.75, 3.05) is 52.9 Å². The maximum absolute atomic E-state index is 11.7. The number of benzene rings is 1. The number of carboxylic acids is 1. The van der Waals surface area contributed by atoms with Crippen LogP contribution in [0.2, 0.25) is 0 Å². The number of hydrogen-bond donors (Lipinski definition) is 1. The molecule has 0 heterocycles. The molecular weight excluding hydrogens is 396 g/mol. The van der Waals surface area contributed by atoms with Gasteiger partial charge >= 0.3 is 17.9 Å². The minimum atomic E-state index is -0.866. The van der Waals surface area contributed by atoms with Gasteiger partial charge in [-0.2, -0.15) is 0 Å². The standard InChI is InChI=1S/C21H30O9/c22-19(23)8-4-5-9-20(24)29-16-14-27-12-10-26-11-13-28-15-17-30-21(25)18-6-2-1-3-7-18/h1-3,6-7H,4-5,8-17H2,(H,22,23). The summed E-state index contributed by atoms with van der Waals surface area (Å²) in [5, 5.41) is 8.49. The molecule has 0 aliphatic rings. The molecular formula is C21H30O9. The van der Waals surface area contributed by atoms with E-state index in [4.69, 9.17) is 28.8 Å². The van der Waals surface area contributed by atoms with E-state index in [1.807, 2.05) is 6.07 Å². The fourth-order valence-electron chi connectivity index (χ4n) is 2.22. The number of esters is 2. The van der Waals surface area contributed by atoms with Crippen LogP contribution in [-0.2, 0) is 33.3 Å². The van der Waals surface area contributed by atoms with Crippen LogP contribution in [0.25, 0.3) is 0 Å². The van der Waals surface area contributed by atoms with Crippen molar-refractivity contribution in [1.82, 2.24) is 0 Å². The van der Waals surface area contributed by atoms with E-state index in [0.717, 1.165) is 0 Å². The van der Waals surface area contributed by atoms with Gasteiger partial charge in [0.2, 0.25) is 0 Å². The van der Waals surface area contributed by atoms with Gasteiger partial charge in [-0.05, 0) is 25.0 Å². The Hall–Kier alpha value is -2.49. The number of carbonyl (C=O) groups is 3. The van der Waals surface area contributed by atoms with Crippen LogP contribution < -0.4 is 0 Å². The third-order valence-electron chi connectivity index (χ3n) is 3.73. The molecule has 0 amide bonds. The van der Waals surface area contributed by atoms with Gasteiger partial charge in [0.15, 0.2) is 0 Å². The van der Waals surface area contributed by atoms with E-state index < -0.39 is 5.97 Å². The minimum absolute atomic E-state index is 0.0587. The normalized spacial score (nSPS) is 10.5. The van der Waals surface area contributed by atoms with Crippen molar-refractivity contribution >= 4 is 17.9 Å². The Morgan fingerprint density at radius 1 is 0.667 bits per heavy atom. The summed E-state index contributed by atoms with van der Waals surface area (Å²) in [7, 11) is 0. The monoisotopic (exact) mass is 426 g/mol. The van der Waals surface area contributed by atoms with Crippen molar-refractivity contribution in [3.8, 4) is 0 Å². The third kappa shape index (κ3) is 14.5. The number of carboxylic acid groups (broad SMARTS) is 1. The summed E-state index contributed by atoms with van der Waals surface area (Å²) < 4.78 is 26.0. The van der Waals surface area contributed by atoms with Crippen LogP contribution in [0.15, 0.2) is 30.3 Å². The van der Waals surface area contributed by atoms with Crippen molar-refractivity contribution in [3.63, 3.8) is 0 Å². The molecule has 9 heteroatoms. The van der Waals surface area contributed by atoms with Crippen molar-refractivity contribution in [2.45, 2.75) is 25.7 Å². The molecule has 9 nitrogen and oxygen atoms in total. The van der Waals surface area contributed by atoms with Crippen LogP contribution in [0.3, 0.4) is 0 Å². The summed E-state index contributed by atoms with van der Waals surface area (Å²) in [5.74, 6) is -1.60. The lowest BCUT2D eigenvalue weighted by atomic mass is 10.2. The lowest BCUT2D eigenvalue weighted by molar-refractivity contribution is -0.146. The van der Waals surface area contributed by atoms with Crippen LogP contribution >= 0.6 is 0 Å². The number of ether oxygens (including phenoxy) is 5. The van der Waals surface area contributed by atoms with Gasteiger partial charge in [-0.1, -0.05) is 18.2 Å². The maximum Gasteiger partial charge on any atom is 0.338 e. The average Bonchev–Trinajstić information content (AvgIpc) is 2.74. The molecule has 0 unspecified atom stereocenters. The van der Waals surface area contributed by atoms with Crippen LogP contribution in [0.5, 0.6) is 0 Å². The number of hydrogen-bond acceptors (Lipinski definition) is 8. The SMILES string of the molecule is O=C(O)CCCCC(=O)OCCOCCOCCOCCOC(=O)c1ccccc1. The summed E-state index contributed by atoms with van der Waals surface area (Å²) in [6.07, 6.45) is 1.23. The summed E-state index contributed by atoms with van der Waals surface area (Å²) in [6, 6.07) is 8.75. The van der Waals surface area contributed by atoms with Crippen LogP contribution in [-0.4, -0.2) is 75.9 Å². The molecule has 0 fully saturated rings. The second-order valence-electron chi connectivity index (χ2n) is 6.16. The molecule has 0 saturated carbocycles. The summed E-state index contributed by atoms with van der Waals surface area (Å²) >= 11 is 0. The van der Waals surface area contributed by atoms with Gasteiger partial charge in [0.25, 0.3) is 0 Å². The molecule has 0 saturated heterocycles. The van der Waals surface area contributed by atoms with E-state index in [2.05, 4.69) is 0 Å². The predicted molar refractivity (Wildman–Crippen MR) is 106 cm³/mol. The minimum Gasteiger partial charge on any atom is -0.481 e. The summed E-state index contributed by atoms with van der Waals surface area (Å²) in [4.78, 5) is 33.4. The quantitative estimate of drug-likeness (QED) is 0.278. The first kappa shape index (κ1) is 25.5. The largest absolute Gasteiger partial charge is 0.481 e. The van der Waals surface area contributed by atoms with Gasteiger partial charge in [0, 0.05) is 12.8 Å². The second-order valence-corrected chi connectivity index (χ2v) is 6.16. The molecule has 168 valence electrons. The zero-order valence-corrected chi connectivity index (χ0v) is 17.1. The van der Waals surface area contributed by atoms with E-state index in [1.165, 1.54) is 0 Å². The van der Waals surface area contributed by atoms with Gasteiger partial charge in [-0.3, -0.25) is 9.59 Å². The summed E-state index contributed by atoms with van der Waals surface area (Å²) in [5.41, 5.74) is 0.506. The lowest BCUT2D eigenvalue weighted by Crippen LogP contribution is -2.15. The van der Waals surface area contributed by atoms with Crippen LogP contribution in [0.4, 0.5) is 0 Å². The Labute approximate surface area is 176 Å². The highest BCUT2D eigenvalue weighted by atomic mass is 16.6. The van der Waals surface area contributed by atoms with Gasteiger partial charge < -0.3 is 28.8 Å². The fraction of sp³-hybridized carbons (Fsp3) is 0.571. The molecule has 1 rings (SSSR count). The molecule has 0 radical (unpaired) electrons. The fourth-order valence-corrected chi connectivity index (χ4v) is 2.22. The highest BCUT2D eigenvalue weighted by Gasteiger charge is 2.05. The number of aliphatic carboxylic acids is 1. The van der Waals surface area contributed by atoms with E-state index in [-0.39, 0.29) is 44.6 Å². The Kier molecular flexibility index (Phi) is 14.8. The molecule has 1 aromatic carbocycles. The van der Waals surface area contributed by atoms with Crippen molar-refractivity contribution in [3.05, 3.63) is 35.9 Å². The molecule has 0 bridgehead atoms. The maximum atomic E-state index is 11.7. The van der Waals surface area contributed by atoms with E-state index in [1.54, 1.807) is 24.3 Å². The number of carbonyl (C=O) groups excluding carboxylic acids is 2. The van der Waals surface area contributed by atoms with Gasteiger partial charge in [-0.25, -0.2) is 4.79 Å². The zero-order chi connectivity index (χ0) is 21.9. The Bertz CT molecular complexity index is 604. The van der Waals surface area contributed by atoms with E-state index >= 15 is 0 Å². The van der Waals surface area contributed by atoms with Crippen molar-refractivity contribution < 1.29 is 43.2 Å². The molecule has 0 spiro atoms. The Morgan fingerprint density at radius 2 is 1.17 bits per heavy atom. The van der Waals surface area contributed by atoms with Crippen LogP contribution in [0.1, 0.15) is 36.0 Å². The summed E-state index contributed by atoms with van der Waals surface area (Å²) in [6.45, 7) is 2.41. The molecule has 30 heavy (non-hydrogen) atoms. The zero-order valence-electron chi connectivity index (χ0n) is 17.1. The van der Waals surface area contributed by atoms with Crippen molar-refractivity contribution in [2.24, 2.45) is 0 Å². The first-order valence-electron chi connectivity index (χ1n) is 9.92. The molecule has 1 aromatic rings. The van der Waals surface area contributed by atoms with E-state index in [9.17, 15) is 14.4 Å². The highest BCUT2D eigenvalue weighted by Crippen LogP contribution is 2.02. The Morgan fingerprint density at radius 3 is 1.73 bits per heavy atom. The smallest absolute Gasteiger partial charge is 0.338 e. The molecule has 1 N–H and O–H groups in total. The molecule has 0 aliphatic carbocycles. The first-order chi connectivity index (χ1) is 14.6. The predicted octanol–water partition coefficient (Wildman–Crippen LogP) is 2.08. The average molecular weight is 426 g/mol. The molecule has 0 aliphatic heterocycles. The number of unbranched alkanes of at least 4 members (excludes halogenated alkanes) is 1. The molecule has 0 atom stereocenters. The second kappa shape index (κ2) is 17.4. The third-order valence-corrected chi connectivity index (χ3v) is 3.73. The van der Waals surface area contributed by atoms with Gasteiger partial charge in [-0.15, -0.1) is 0 Å².